The van der Waals surface area contributed by atoms with Gasteiger partial charge in [-0.25, -0.2) is 4.57 Å². The quantitative estimate of drug-likeness (QED) is 0.442. The first-order valence-corrected chi connectivity index (χ1v) is 6.72. The largest absolute Gasteiger partial charge is 0.472 e. The molecule has 1 rings (SSSR count). The Hall–Kier alpha value is -0.125. The summed E-state index contributed by atoms with van der Waals surface area (Å²) in [7, 11) is 0.870. The van der Waals surface area contributed by atoms with E-state index in [4.69, 9.17) is 9.26 Å². The highest BCUT2D eigenvalue weighted by Gasteiger charge is 2.32. The minimum absolute atomic E-state index is 0.00294. The molecule has 1 aliphatic rings. The van der Waals surface area contributed by atoms with Crippen LogP contribution in [0.3, 0.4) is 0 Å². The maximum Gasteiger partial charge on any atom is 0.472 e. The highest BCUT2D eigenvalue weighted by atomic mass is 31.2. The average molecular weight is 248 g/mol. The van der Waals surface area contributed by atoms with E-state index in [1.54, 1.807) is 7.11 Å². The molecule has 7 heteroatoms. The smallest absolute Gasteiger partial charge is 0.384 e. The Morgan fingerprint density at radius 3 is 2.75 bits per heavy atom. The molecule has 0 aromatic carbocycles. The molecule has 0 aromatic heterocycles. The van der Waals surface area contributed by atoms with Crippen LogP contribution in [-0.2, 0) is 18.3 Å². The fourth-order valence-corrected chi connectivity index (χ4v) is 2.44. The highest BCUT2D eigenvalue weighted by molar-refractivity contribution is 7.47. The summed E-state index contributed by atoms with van der Waals surface area (Å²) in [6, 6.07) is 0. The van der Waals surface area contributed by atoms with Crippen molar-refractivity contribution in [3.8, 4) is 0 Å². The lowest BCUT2D eigenvalue weighted by Crippen LogP contribution is -2.29. The molecule has 0 aromatic rings. The van der Waals surface area contributed by atoms with E-state index in [-0.39, 0.29) is 12.0 Å². The number of allylic oxidation sites excluding steroid dienone is 1. The zero-order valence-electron chi connectivity index (χ0n) is 9.83. The van der Waals surface area contributed by atoms with Crippen LogP contribution in [0.1, 0.15) is 6.42 Å². The zero-order chi connectivity index (χ0) is 12.2. The Morgan fingerprint density at radius 2 is 2.19 bits per heavy atom. The lowest BCUT2D eigenvalue weighted by Gasteiger charge is -2.30. The Labute approximate surface area is 96.8 Å². The predicted octanol–water partition coefficient (Wildman–Crippen LogP) is 0.762. The molecule has 1 aliphatic carbocycles. The molecule has 16 heavy (non-hydrogen) atoms. The number of phosphoric acid groups is 1. The molecule has 0 spiro atoms. The van der Waals surface area contributed by atoms with Crippen LogP contribution in [0.4, 0.5) is 0 Å². The van der Waals surface area contributed by atoms with Gasteiger partial charge in [0.25, 0.3) is 0 Å². The van der Waals surface area contributed by atoms with Crippen molar-refractivity contribution in [2.24, 2.45) is 5.92 Å². The lowest BCUT2D eigenvalue weighted by molar-refractivity contribution is 0.0493. The van der Waals surface area contributed by atoms with Crippen molar-refractivity contribution >= 4 is 15.7 Å². The molecule has 0 fully saturated rings. The number of hydrogen-bond donors (Lipinski definition) is 1. The average Bonchev–Trinajstić information content (AvgIpc) is 2.22. The molecule has 0 heterocycles. The maximum atomic E-state index is 11.4. The molecule has 0 saturated carbocycles. The molecule has 1 N–H and O–H groups in total. The maximum absolute atomic E-state index is 11.4. The van der Waals surface area contributed by atoms with E-state index in [0.717, 1.165) is 7.11 Å². The van der Waals surface area contributed by atoms with Crippen LogP contribution in [0.25, 0.3) is 0 Å². The Balaban J connectivity index is 2.68. The predicted molar refractivity (Wildman–Crippen MR) is 63.1 cm³/mol. The summed E-state index contributed by atoms with van der Waals surface area (Å²) in [5, 5.41) is 0. The van der Waals surface area contributed by atoms with Gasteiger partial charge in [-0.3, -0.25) is 9.05 Å². The molecule has 92 valence electrons. The first-order valence-electron chi connectivity index (χ1n) is 5.22. The normalized spacial score (nSPS) is 33.6. The lowest BCUT2D eigenvalue weighted by atomic mass is 9.75. The fourth-order valence-electron chi connectivity index (χ4n) is 1.77. The van der Waals surface area contributed by atoms with Crippen LogP contribution in [-0.4, -0.2) is 39.7 Å². The van der Waals surface area contributed by atoms with Gasteiger partial charge in [0.1, 0.15) is 7.85 Å². The zero-order valence-corrected chi connectivity index (χ0v) is 10.7. The molecule has 4 unspecified atom stereocenters. The van der Waals surface area contributed by atoms with Crippen LogP contribution in [0.5, 0.6) is 0 Å². The van der Waals surface area contributed by atoms with Gasteiger partial charge in [-0.05, 0) is 12.2 Å². The standard InChI is InChI=1S/C9H18BO5P/c1-13-6-7-3-4-8(10)5-9(7)15-16(11,12)14-2/h3-4,7-9H,5-6,10H2,1-2H3,(H,11,12). The van der Waals surface area contributed by atoms with Crippen LogP contribution in [0.2, 0.25) is 5.82 Å². The van der Waals surface area contributed by atoms with Gasteiger partial charge in [-0.15, -0.1) is 0 Å². The van der Waals surface area contributed by atoms with Crippen LogP contribution >= 0.6 is 7.82 Å². The Kier molecular flexibility index (Phi) is 5.21. The molecule has 0 radical (unpaired) electrons. The van der Waals surface area contributed by atoms with Crippen molar-refractivity contribution in [3.63, 3.8) is 0 Å². The fraction of sp³-hybridized carbons (Fsp3) is 0.778. The molecule has 5 nitrogen and oxygen atoms in total. The highest BCUT2D eigenvalue weighted by Crippen LogP contribution is 2.46. The van der Waals surface area contributed by atoms with E-state index >= 15 is 0 Å². The van der Waals surface area contributed by atoms with E-state index < -0.39 is 7.82 Å². The number of ether oxygens (including phenoxy) is 1. The SMILES string of the molecule is BC1C=CC(COC)C(OP(=O)(O)OC)C1. The van der Waals surface area contributed by atoms with Crippen molar-refractivity contribution in [1.29, 1.82) is 0 Å². The van der Waals surface area contributed by atoms with E-state index in [1.807, 2.05) is 13.9 Å². The first kappa shape index (κ1) is 13.9. The minimum atomic E-state index is -3.92. The first-order chi connectivity index (χ1) is 7.48. The van der Waals surface area contributed by atoms with E-state index in [0.29, 0.717) is 18.8 Å². The van der Waals surface area contributed by atoms with Crippen molar-refractivity contribution in [3.05, 3.63) is 12.2 Å². The third kappa shape index (κ3) is 4.03. The van der Waals surface area contributed by atoms with Crippen molar-refractivity contribution in [2.45, 2.75) is 18.3 Å². The van der Waals surface area contributed by atoms with Crippen molar-refractivity contribution in [1.82, 2.24) is 0 Å². The van der Waals surface area contributed by atoms with Crippen molar-refractivity contribution < 1.29 is 23.2 Å². The third-order valence-corrected chi connectivity index (χ3v) is 3.63. The van der Waals surface area contributed by atoms with Gasteiger partial charge in [-0.1, -0.05) is 12.2 Å². The second-order valence-electron chi connectivity index (χ2n) is 4.01. The summed E-state index contributed by atoms with van der Waals surface area (Å²) in [6.07, 6.45) is 4.39. The molecule has 0 saturated heterocycles. The summed E-state index contributed by atoms with van der Waals surface area (Å²) >= 11 is 0. The van der Waals surface area contributed by atoms with Crippen LogP contribution < -0.4 is 0 Å². The third-order valence-electron chi connectivity index (χ3n) is 2.63. The van der Waals surface area contributed by atoms with Crippen LogP contribution in [0, 0.1) is 5.92 Å². The van der Waals surface area contributed by atoms with Gasteiger partial charge in [0, 0.05) is 20.1 Å². The summed E-state index contributed by atoms with van der Waals surface area (Å²) in [6.45, 7) is 0.470. The molecule has 0 amide bonds. The van der Waals surface area contributed by atoms with Gasteiger partial charge in [0.2, 0.25) is 0 Å². The summed E-state index contributed by atoms with van der Waals surface area (Å²) in [5.41, 5.74) is 0. The number of rotatable bonds is 5. The number of methoxy groups -OCH3 is 1. The second kappa shape index (κ2) is 5.98. The number of phosphoric ester groups is 1. The monoisotopic (exact) mass is 248 g/mol. The van der Waals surface area contributed by atoms with E-state index in [2.05, 4.69) is 10.6 Å². The second-order valence-corrected chi connectivity index (χ2v) is 5.53. The molecular weight excluding hydrogens is 230 g/mol. The molecular formula is C9H18BO5P. The van der Waals surface area contributed by atoms with Gasteiger partial charge in [0.05, 0.1) is 12.7 Å². The molecule has 0 aliphatic heterocycles. The molecule has 0 bridgehead atoms. The summed E-state index contributed by atoms with van der Waals surface area (Å²) < 4.78 is 26.0. The van der Waals surface area contributed by atoms with Gasteiger partial charge < -0.3 is 9.63 Å². The number of hydrogen-bond acceptors (Lipinski definition) is 4. The Morgan fingerprint density at radius 1 is 1.50 bits per heavy atom. The van der Waals surface area contributed by atoms with Gasteiger partial charge >= 0.3 is 7.82 Å². The molecule has 4 atom stereocenters. The topological polar surface area (TPSA) is 65.0 Å². The van der Waals surface area contributed by atoms with Gasteiger partial charge in [0.15, 0.2) is 0 Å². The van der Waals surface area contributed by atoms with Gasteiger partial charge in [-0.2, -0.15) is 0 Å². The minimum Gasteiger partial charge on any atom is -0.384 e. The van der Waals surface area contributed by atoms with Crippen LogP contribution in [0.15, 0.2) is 12.2 Å². The van der Waals surface area contributed by atoms with E-state index in [1.165, 1.54) is 0 Å². The summed E-state index contributed by atoms with van der Waals surface area (Å²) in [5.74, 6) is 0.326. The Bertz CT molecular complexity index is 296. The van der Waals surface area contributed by atoms with Crippen molar-refractivity contribution in [2.75, 3.05) is 20.8 Å². The van der Waals surface area contributed by atoms with E-state index in [9.17, 15) is 9.46 Å². The summed E-state index contributed by atoms with van der Waals surface area (Å²) in [4.78, 5) is 9.29.